The van der Waals surface area contributed by atoms with Gasteiger partial charge in [0, 0.05) is 5.56 Å². The molecule has 0 aliphatic rings. The summed E-state index contributed by atoms with van der Waals surface area (Å²) >= 11 is 5.77. The fourth-order valence-electron chi connectivity index (χ4n) is 1.57. The second kappa shape index (κ2) is 4.74. The average Bonchev–Trinajstić information content (AvgIpc) is 2.31. The molecule has 0 aliphatic carbocycles. The van der Waals surface area contributed by atoms with E-state index in [-0.39, 0.29) is 16.5 Å². The molecule has 2 aromatic rings. The molecular formula is C13H9ClFNO2. The van der Waals surface area contributed by atoms with Crippen molar-refractivity contribution < 1.29 is 14.3 Å². The number of carboxylic acids is 1. The van der Waals surface area contributed by atoms with Crippen molar-refractivity contribution in [2.75, 3.05) is 0 Å². The predicted octanol–water partition coefficient (Wildman–Crippen LogP) is 3.55. The van der Waals surface area contributed by atoms with E-state index in [1.165, 1.54) is 24.3 Å². The van der Waals surface area contributed by atoms with Crippen LogP contribution in [0.5, 0.6) is 0 Å². The third-order valence-corrected chi connectivity index (χ3v) is 2.69. The molecule has 0 amide bonds. The van der Waals surface area contributed by atoms with Gasteiger partial charge in [-0.05, 0) is 42.8 Å². The van der Waals surface area contributed by atoms with E-state index in [9.17, 15) is 9.18 Å². The molecular weight excluding hydrogens is 257 g/mol. The Labute approximate surface area is 108 Å². The molecule has 2 rings (SSSR count). The zero-order chi connectivity index (χ0) is 13.3. The third kappa shape index (κ3) is 2.49. The first-order valence-electron chi connectivity index (χ1n) is 5.15. The Bertz CT molecular complexity index is 628. The Kier molecular flexibility index (Phi) is 3.30. The molecule has 1 aromatic carbocycles. The molecule has 92 valence electrons. The Morgan fingerprint density at radius 3 is 2.67 bits per heavy atom. The fraction of sp³-hybridized carbons (Fsp3) is 0.0769. The number of hydrogen-bond donors (Lipinski definition) is 1. The largest absolute Gasteiger partial charge is 0.478 e. The summed E-state index contributed by atoms with van der Waals surface area (Å²) in [5.41, 5.74) is 1.54. The van der Waals surface area contributed by atoms with Crippen LogP contribution < -0.4 is 0 Å². The zero-order valence-corrected chi connectivity index (χ0v) is 10.2. The van der Waals surface area contributed by atoms with Crippen molar-refractivity contribution in [2.45, 2.75) is 6.92 Å². The van der Waals surface area contributed by atoms with Crippen LogP contribution in [0.25, 0.3) is 11.3 Å². The molecule has 0 saturated carbocycles. The van der Waals surface area contributed by atoms with Gasteiger partial charge in [0.1, 0.15) is 11.0 Å². The zero-order valence-electron chi connectivity index (χ0n) is 9.45. The van der Waals surface area contributed by atoms with Crippen molar-refractivity contribution in [1.82, 2.24) is 4.98 Å². The number of aromatic nitrogens is 1. The summed E-state index contributed by atoms with van der Waals surface area (Å²) in [7, 11) is 0. The van der Waals surface area contributed by atoms with Crippen LogP contribution in [0.2, 0.25) is 5.15 Å². The van der Waals surface area contributed by atoms with Crippen LogP contribution in [-0.4, -0.2) is 16.1 Å². The van der Waals surface area contributed by atoms with Crippen molar-refractivity contribution in [1.29, 1.82) is 0 Å². The summed E-state index contributed by atoms with van der Waals surface area (Å²) in [6, 6.07) is 7.12. The SMILES string of the molecule is Cc1cc(-c2cc(C(=O)O)cc(Cl)n2)ccc1F. The van der Waals surface area contributed by atoms with Gasteiger partial charge in [0.15, 0.2) is 0 Å². The highest BCUT2D eigenvalue weighted by atomic mass is 35.5. The van der Waals surface area contributed by atoms with E-state index in [0.717, 1.165) is 0 Å². The molecule has 0 atom stereocenters. The first-order valence-corrected chi connectivity index (χ1v) is 5.52. The average molecular weight is 266 g/mol. The van der Waals surface area contributed by atoms with Crippen molar-refractivity contribution in [3.05, 3.63) is 52.4 Å². The lowest BCUT2D eigenvalue weighted by atomic mass is 10.1. The number of pyridine rings is 1. The van der Waals surface area contributed by atoms with Gasteiger partial charge in [-0.2, -0.15) is 0 Å². The summed E-state index contributed by atoms with van der Waals surface area (Å²) in [6.07, 6.45) is 0. The molecule has 0 unspecified atom stereocenters. The molecule has 0 bridgehead atoms. The fourth-order valence-corrected chi connectivity index (χ4v) is 1.78. The maximum Gasteiger partial charge on any atom is 0.335 e. The van der Waals surface area contributed by atoms with E-state index in [0.29, 0.717) is 16.8 Å². The minimum atomic E-state index is -1.08. The topological polar surface area (TPSA) is 50.2 Å². The summed E-state index contributed by atoms with van der Waals surface area (Å²) in [5, 5.41) is 9.02. The molecule has 0 spiro atoms. The molecule has 1 heterocycles. The van der Waals surface area contributed by atoms with Crippen LogP contribution in [0.3, 0.4) is 0 Å². The van der Waals surface area contributed by atoms with Gasteiger partial charge in [-0.25, -0.2) is 14.2 Å². The maximum absolute atomic E-state index is 13.2. The van der Waals surface area contributed by atoms with Gasteiger partial charge < -0.3 is 5.11 Å². The highest BCUT2D eigenvalue weighted by Crippen LogP contribution is 2.23. The third-order valence-electron chi connectivity index (χ3n) is 2.49. The van der Waals surface area contributed by atoms with Crippen LogP contribution in [0.4, 0.5) is 4.39 Å². The van der Waals surface area contributed by atoms with Crippen LogP contribution in [-0.2, 0) is 0 Å². The molecule has 1 N–H and O–H groups in total. The summed E-state index contributed by atoms with van der Waals surface area (Å²) in [6.45, 7) is 1.63. The van der Waals surface area contributed by atoms with Crippen LogP contribution >= 0.6 is 11.6 Å². The van der Waals surface area contributed by atoms with E-state index in [1.807, 2.05) is 0 Å². The van der Waals surface area contributed by atoms with E-state index in [2.05, 4.69) is 4.98 Å². The summed E-state index contributed by atoms with van der Waals surface area (Å²) in [5.74, 6) is -1.40. The van der Waals surface area contributed by atoms with Gasteiger partial charge in [-0.15, -0.1) is 0 Å². The standard InChI is InChI=1S/C13H9ClFNO2/c1-7-4-8(2-3-10(7)15)11-5-9(13(17)18)6-12(14)16-11/h2-6H,1H3,(H,17,18). The van der Waals surface area contributed by atoms with E-state index < -0.39 is 5.97 Å². The number of aryl methyl sites for hydroxylation is 1. The van der Waals surface area contributed by atoms with Gasteiger partial charge in [0.05, 0.1) is 11.3 Å². The molecule has 18 heavy (non-hydrogen) atoms. The first kappa shape index (κ1) is 12.5. The molecule has 5 heteroatoms. The second-order valence-electron chi connectivity index (χ2n) is 3.83. The number of rotatable bonds is 2. The summed E-state index contributed by atoms with van der Waals surface area (Å²) < 4.78 is 13.2. The number of carbonyl (C=O) groups is 1. The lowest BCUT2D eigenvalue weighted by Crippen LogP contribution is -1.98. The highest BCUT2D eigenvalue weighted by Gasteiger charge is 2.10. The normalized spacial score (nSPS) is 10.4. The van der Waals surface area contributed by atoms with Gasteiger partial charge >= 0.3 is 5.97 Å². The molecule has 0 radical (unpaired) electrons. The Morgan fingerprint density at radius 1 is 1.33 bits per heavy atom. The molecule has 0 fully saturated rings. The highest BCUT2D eigenvalue weighted by molar-refractivity contribution is 6.29. The maximum atomic E-state index is 13.2. The monoisotopic (exact) mass is 265 g/mol. The number of halogens is 2. The van der Waals surface area contributed by atoms with Gasteiger partial charge in [0.2, 0.25) is 0 Å². The number of nitrogens with zero attached hydrogens (tertiary/aromatic N) is 1. The van der Waals surface area contributed by atoms with Crippen molar-refractivity contribution >= 4 is 17.6 Å². The first-order chi connectivity index (χ1) is 8.47. The van der Waals surface area contributed by atoms with Crippen molar-refractivity contribution in [2.24, 2.45) is 0 Å². The second-order valence-corrected chi connectivity index (χ2v) is 4.22. The predicted molar refractivity (Wildman–Crippen MR) is 66.3 cm³/mol. The van der Waals surface area contributed by atoms with Gasteiger partial charge in [-0.1, -0.05) is 11.6 Å². The lowest BCUT2D eigenvalue weighted by molar-refractivity contribution is 0.0697. The van der Waals surface area contributed by atoms with E-state index >= 15 is 0 Å². The van der Waals surface area contributed by atoms with Crippen molar-refractivity contribution in [3.8, 4) is 11.3 Å². The van der Waals surface area contributed by atoms with Crippen LogP contribution in [0.1, 0.15) is 15.9 Å². The quantitative estimate of drug-likeness (QED) is 0.845. The smallest absolute Gasteiger partial charge is 0.335 e. The van der Waals surface area contributed by atoms with Crippen LogP contribution in [0.15, 0.2) is 30.3 Å². The number of aromatic carboxylic acids is 1. The number of benzene rings is 1. The molecule has 1 aromatic heterocycles. The van der Waals surface area contributed by atoms with E-state index in [1.54, 1.807) is 13.0 Å². The summed E-state index contributed by atoms with van der Waals surface area (Å²) in [4.78, 5) is 14.9. The Morgan fingerprint density at radius 2 is 2.06 bits per heavy atom. The van der Waals surface area contributed by atoms with Crippen LogP contribution in [0, 0.1) is 12.7 Å². The number of hydrogen-bond acceptors (Lipinski definition) is 2. The molecule has 3 nitrogen and oxygen atoms in total. The Balaban J connectivity index is 2.56. The number of carboxylic acid groups (broad SMARTS) is 1. The van der Waals surface area contributed by atoms with Gasteiger partial charge in [-0.3, -0.25) is 0 Å². The minimum Gasteiger partial charge on any atom is -0.478 e. The van der Waals surface area contributed by atoms with Gasteiger partial charge in [0.25, 0.3) is 0 Å². The lowest BCUT2D eigenvalue weighted by Gasteiger charge is -2.05. The van der Waals surface area contributed by atoms with E-state index in [4.69, 9.17) is 16.7 Å². The molecule has 0 saturated heterocycles. The Hall–Kier alpha value is -1.94. The molecule has 0 aliphatic heterocycles. The minimum absolute atomic E-state index is 0.0481. The van der Waals surface area contributed by atoms with Crippen molar-refractivity contribution in [3.63, 3.8) is 0 Å².